The second kappa shape index (κ2) is 5.27. The summed E-state index contributed by atoms with van der Waals surface area (Å²) in [4.78, 5) is 14.2. The van der Waals surface area contributed by atoms with Gasteiger partial charge < -0.3 is 20.4 Å². The molecule has 1 aromatic rings. The highest BCUT2D eigenvalue weighted by molar-refractivity contribution is 5.97. The third-order valence-corrected chi connectivity index (χ3v) is 3.18. The molecule has 5 heteroatoms. The van der Waals surface area contributed by atoms with Crippen LogP contribution in [0.5, 0.6) is 11.5 Å². The zero-order chi connectivity index (χ0) is 13.1. The Morgan fingerprint density at radius 1 is 1.44 bits per heavy atom. The van der Waals surface area contributed by atoms with Crippen molar-refractivity contribution in [3.8, 4) is 11.5 Å². The summed E-state index contributed by atoms with van der Waals surface area (Å²) in [5.74, 6) is -0.489. The van der Waals surface area contributed by atoms with Gasteiger partial charge in [0.25, 0.3) is 5.91 Å². The number of nitrogens with one attached hydrogen (secondary N) is 1. The normalized spacial score (nSPS) is 20.6. The SMILES string of the molecule is CN1CCCC(NC(=O)c2cc(O)ccc2O)C1. The van der Waals surface area contributed by atoms with E-state index in [1.54, 1.807) is 0 Å². The highest BCUT2D eigenvalue weighted by atomic mass is 16.3. The average Bonchev–Trinajstić information content (AvgIpc) is 2.32. The average molecular weight is 250 g/mol. The maximum absolute atomic E-state index is 12.0. The first-order valence-electron chi connectivity index (χ1n) is 6.07. The number of benzene rings is 1. The summed E-state index contributed by atoms with van der Waals surface area (Å²) in [5.41, 5.74) is 0.114. The number of likely N-dealkylation sites (N-methyl/N-ethyl adjacent to an activating group) is 1. The number of likely N-dealkylation sites (tertiary alicyclic amines) is 1. The lowest BCUT2D eigenvalue weighted by Gasteiger charge is -2.30. The number of piperidine rings is 1. The third-order valence-electron chi connectivity index (χ3n) is 3.18. The molecule has 98 valence electrons. The maximum Gasteiger partial charge on any atom is 0.255 e. The van der Waals surface area contributed by atoms with Crippen molar-refractivity contribution in [1.29, 1.82) is 0 Å². The predicted octanol–water partition coefficient (Wildman–Crippen LogP) is 0.922. The van der Waals surface area contributed by atoms with Gasteiger partial charge >= 0.3 is 0 Å². The highest BCUT2D eigenvalue weighted by Gasteiger charge is 2.21. The van der Waals surface area contributed by atoms with Gasteiger partial charge in [-0.25, -0.2) is 0 Å². The smallest absolute Gasteiger partial charge is 0.255 e. The van der Waals surface area contributed by atoms with Gasteiger partial charge in [0, 0.05) is 12.6 Å². The van der Waals surface area contributed by atoms with E-state index in [-0.39, 0.29) is 29.0 Å². The molecule has 1 aliphatic rings. The number of phenolic OH excluding ortho intramolecular Hbond substituents is 2. The molecule has 1 fully saturated rings. The molecular weight excluding hydrogens is 232 g/mol. The third kappa shape index (κ3) is 2.92. The van der Waals surface area contributed by atoms with E-state index in [1.165, 1.54) is 18.2 Å². The van der Waals surface area contributed by atoms with Crippen molar-refractivity contribution in [2.75, 3.05) is 20.1 Å². The summed E-state index contributed by atoms with van der Waals surface area (Å²) in [6, 6.07) is 4.03. The van der Waals surface area contributed by atoms with Crippen LogP contribution < -0.4 is 5.32 Å². The van der Waals surface area contributed by atoms with Gasteiger partial charge in [-0.05, 0) is 44.6 Å². The van der Waals surface area contributed by atoms with Crippen molar-refractivity contribution in [3.05, 3.63) is 23.8 Å². The van der Waals surface area contributed by atoms with Crippen LogP contribution in [0.1, 0.15) is 23.2 Å². The topological polar surface area (TPSA) is 72.8 Å². The molecule has 0 saturated carbocycles. The Kier molecular flexibility index (Phi) is 3.72. The van der Waals surface area contributed by atoms with Crippen LogP contribution in [0.15, 0.2) is 18.2 Å². The first kappa shape index (κ1) is 12.7. The Bertz CT molecular complexity index is 448. The summed E-state index contributed by atoms with van der Waals surface area (Å²) in [6.07, 6.45) is 1.99. The lowest BCUT2D eigenvalue weighted by molar-refractivity contribution is 0.0909. The molecule has 3 N–H and O–H groups in total. The van der Waals surface area contributed by atoms with E-state index in [9.17, 15) is 15.0 Å². The van der Waals surface area contributed by atoms with Gasteiger partial charge in [-0.3, -0.25) is 4.79 Å². The van der Waals surface area contributed by atoms with Crippen molar-refractivity contribution in [3.63, 3.8) is 0 Å². The molecule has 1 amide bonds. The quantitative estimate of drug-likeness (QED) is 0.682. The minimum Gasteiger partial charge on any atom is -0.508 e. The van der Waals surface area contributed by atoms with Gasteiger partial charge in [-0.15, -0.1) is 0 Å². The molecule has 1 unspecified atom stereocenters. The van der Waals surface area contributed by atoms with E-state index in [0.29, 0.717) is 0 Å². The molecule has 1 aromatic carbocycles. The van der Waals surface area contributed by atoms with Crippen molar-refractivity contribution >= 4 is 5.91 Å². The number of nitrogens with zero attached hydrogens (tertiary/aromatic N) is 1. The first-order valence-corrected chi connectivity index (χ1v) is 6.07. The molecule has 2 rings (SSSR count). The summed E-state index contributed by atoms with van der Waals surface area (Å²) >= 11 is 0. The van der Waals surface area contributed by atoms with Crippen LogP contribution >= 0.6 is 0 Å². The van der Waals surface area contributed by atoms with E-state index in [1.807, 2.05) is 7.05 Å². The van der Waals surface area contributed by atoms with Gasteiger partial charge in [0.05, 0.1) is 5.56 Å². The number of rotatable bonds is 2. The zero-order valence-corrected chi connectivity index (χ0v) is 10.4. The van der Waals surface area contributed by atoms with E-state index < -0.39 is 0 Å². The molecule has 1 atom stereocenters. The van der Waals surface area contributed by atoms with Crippen LogP contribution in [-0.4, -0.2) is 47.2 Å². The molecule has 0 bridgehead atoms. The van der Waals surface area contributed by atoms with E-state index in [2.05, 4.69) is 10.2 Å². The fourth-order valence-electron chi connectivity index (χ4n) is 2.25. The monoisotopic (exact) mass is 250 g/mol. The Labute approximate surface area is 106 Å². The number of amides is 1. The van der Waals surface area contributed by atoms with Gasteiger partial charge in [0.1, 0.15) is 11.5 Å². The number of hydrogen-bond donors (Lipinski definition) is 3. The lowest BCUT2D eigenvalue weighted by Crippen LogP contribution is -2.46. The van der Waals surface area contributed by atoms with E-state index >= 15 is 0 Å². The summed E-state index contributed by atoms with van der Waals surface area (Å²) in [5, 5.41) is 21.8. The fraction of sp³-hybridized carbons (Fsp3) is 0.462. The molecule has 1 saturated heterocycles. The summed E-state index contributed by atoms with van der Waals surface area (Å²) < 4.78 is 0. The van der Waals surface area contributed by atoms with Crippen LogP contribution in [0, 0.1) is 0 Å². The zero-order valence-electron chi connectivity index (χ0n) is 10.4. The van der Waals surface area contributed by atoms with Crippen LogP contribution in [-0.2, 0) is 0 Å². The second-order valence-corrected chi connectivity index (χ2v) is 4.78. The molecule has 0 aromatic heterocycles. The van der Waals surface area contributed by atoms with Crippen LogP contribution in [0.4, 0.5) is 0 Å². The molecule has 5 nitrogen and oxygen atoms in total. The largest absolute Gasteiger partial charge is 0.508 e. The first-order chi connectivity index (χ1) is 8.56. The molecule has 1 heterocycles. The maximum atomic E-state index is 12.0. The number of carbonyl (C=O) groups is 1. The minimum atomic E-state index is -0.344. The van der Waals surface area contributed by atoms with Crippen LogP contribution in [0.2, 0.25) is 0 Å². The number of phenols is 2. The van der Waals surface area contributed by atoms with Crippen molar-refractivity contribution < 1.29 is 15.0 Å². The van der Waals surface area contributed by atoms with Crippen LogP contribution in [0.25, 0.3) is 0 Å². The Hall–Kier alpha value is -1.75. The Balaban J connectivity index is 2.05. The predicted molar refractivity (Wildman–Crippen MR) is 67.8 cm³/mol. The molecule has 0 radical (unpaired) electrons. The lowest BCUT2D eigenvalue weighted by atomic mass is 10.1. The standard InChI is InChI=1S/C13H18N2O3/c1-15-6-2-3-9(8-15)14-13(18)11-7-10(16)4-5-12(11)17/h4-5,7,9,16-17H,2-3,6,8H2,1H3,(H,14,18). The molecule has 1 aliphatic heterocycles. The summed E-state index contributed by atoms with van der Waals surface area (Å²) in [7, 11) is 2.02. The van der Waals surface area contributed by atoms with E-state index in [4.69, 9.17) is 0 Å². The highest BCUT2D eigenvalue weighted by Crippen LogP contribution is 2.22. The van der Waals surface area contributed by atoms with Gasteiger partial charge in [-0.2, -0.15) is 0 Å². The molecule has 0 aliphatic carbocycles. The molecular formula is C13H18N2O3. The van der Waals surface area contributed by atoms with Crippen molar-refractivity contribution in [1.82, 2.24) is 10.2 Å². The van der Waals surface area contributed by atoms with Crippen molar-refractivity contribution in [2.45, 2.75) is 18.9 Å². The van der Waals surface area contributed by atoms with Crippen LogP contribution in [0.3, 0.4) is 0 Å². The summed E-state index contributed by atoms with van der Waals surface area (Å²) in [6.45, 7) is 1.86. The number of hydrogen-bond acceptors (Lipinski definition) is 4. The van der Waals surface area contributed by atoms with Crippen molar-refractivity contribution in [2.24, 2.45) is 0 Å². The molecule has 0 spiro atoms. The number of carbonyl (C=O) groups excluding carboxylic acids is 1. The second-order valence-electron chi connectivity index (χ2n) is 4.78. The Morgan fingerprint density at radius 3 is 2.94 bits per heavy atom. The van der Waals surface area contributed by atoms with E-state index in [0.717, 1.165) is 25.9 Å². The van der Waals surface area contributed by atoms with Gasteiger partial charge in [0.15, 0.2) is 0 Å². The minimum absolute atomic E-state index is 0.0290. The van der Waals surface area contributed by atoms with Gasteiger partial charge in [-0.1, -0.05) is 0 Å². The fourth-order valence-corrected chi connectivity index (χ4v) is 2.25. The Morgan fingerprint density at radius 2 is 2.22 bits per heavy atom. The number of aromatic hydroxyl groups is 2. The molecule has 18 heavy (non-hydrogen) atoms. The van der Waals surface area contributed by atoms with Gasteiger partial charge in [0.2, 0.25) is 0 Å².